The number of aryl methyl sites for hydroxylation is 1. The highest BCUT2D eigenvalue weighted by Crippen LogP contribution is 2.25. The van der Waals surface area contributed by atoms with E-state index in [1.54, 1.807) is 28.0 Å². The molecule has 1 aliphatic rings. The molecule has 6 nitrogen and oxygen atoms in total. The maximum atomic E-state index is 13.5. The summed E-state index contributed by atoms with van der Waals surface area (Å²) in [6, 6.07) is 5.42. The first-order valence-electron chi connectivity index (χ1n) is 8.81. The number of ether oxygens (including phenoxy) is 1. The normalized spacial score (nSPS) is 17.0. The lowest BCUT2D eigenvalue weighted by Crippen LogP contribution is -2.42. The van der Waals surface area contributed by atoms with E-state index in [-0.39, 0.29) is 12.5 Å². The molecule has 1 fully saturated rings. The molecule has 8 heteroatoms. The molecule has 1 unspecified atom stereocenters. The van der Waals surface area contributed by atoms with Gasteiger partial charge >= 0.3 is 0 Å². The highest BCUT2D eigenvalue weighted by atomic mass is 19.2. The summed E-state index contributed by atoms with van der Waals surface area (Å²) < 4.78 is 34.1. The van der Waals surface area contributed by atoms with Crippen LogP contribution in [0, 0.1) is 11.6 Å². The third-order valence-corrected chi connectivity index (χ3v) is 4.69. The average molecular weight is 384 g/mol. The van der Waals surface area contributed by atoms with Gasteiger partial charge in [0.1, 0.15) is 6.10 Å². The Morgan fingerprint density at radius 1 is 1.14 bits per heavy atom. The summed E-state index contributed by atoms with van der Waals surface area (Å²) in [5, 5.41) is 4.13. The molecule has 0 N–H and O–H groups in total. The fraction of sp³-hybridized carbons (Fsp3) is 0.250. The minimum absolute atomic E-state index is 0.186. The summed E-state index contributed by atoms with van der Waals surface area (Å²) in [6.45, 7) is 0.974. The van der Waals surface area contributed by atoms with Crippen LogP contribution in [0.2, 0.25) is 0 Å². The van der Waals surface area contributed by atoms with E-state index in [1.807, 2.05) is 13.2 Å². The summed E-state index contributed by atoms with van der Waals surface area (Å²) >= 11 is 0. The number of benzene rings is 1. The van der Waals surface area contributed by atoms with Crippen LogP contribution in [0.3, 0.4) is 0 Å². The van der Waals surface area contributed by atoms with Crippen LogP contribution in [-0.2, 0) is 11.8 Å². The second-order valence-electron chi connectivity index (χ2n) is 6.65. The number of nitrogens with zero attached hydrogens (tertiary/aromatic N) is 4. The molecule has 0 bridgehead atoms. The van der Waals surface area contributed by atoms with Gasteiger partial charge < -0.3 is 9.64 Å². The molecule has 2 aromatic heterocycles. The van der Waals surface area contributed by atoms with Crippen LogP contribution in [-0.4, -0.2) is 45.3 Å². The van der Waals surface area contributed by atoms with Crippen molar-refractivity contribution < 1.29 is 18.3 Å². The van der Waals surface area contributed by atoms with Gasteiger partial charge in [0, 0.05) is 43.3 Å². The Morgan fingerprint density at radius 2 is 2.00 bits per heavy atom. The van der Waals surface area contributed by atoms with Crippen LogP contribution in [0.15, 0.2) is 49.1 Å². The lowest BCUT2D eigenvalue weighted by molar-refractivity contribution is -0.0229. The summed E-state index contributed by atoms with van der Waals surface area (Å²) in [5.41, 5.74) is 2.61. The van der Waals surface area contributed by atoms with Gasteiger partial charge in [0.25, 0.3) is 5.91 Å². The predicted molar refractivity (Wildman–Crippen MR) is 97.4 cm³/mol. The minimum atomic E-state index is -0.932. The average Bonchev–Trinajstić information content (AvgIpc) is 3.16. The van der Waals surface area contributed by atoms with Crippen molar-refractivity contribution in [3.8, 4) is 11.1 Å². The van der Waals surface area contributed by atoms with Crippen LogP contribution >= 0.6 is 0 Å². The lowest BCUT2D eigenvalue weighted by Gasteiger charge is -2.33. The Balaban J connectivity index is 1.54. The van der Waals surface area contributed by atoms with Gasteiger partial charge in [0.05, 0.1) is 24.9 Å². The Hall–Kier alpha value is -3.13. The number of carbonyl (C=O) groups is 1. The first-order chi connectivity index (χ1) is 13.5. The van der Waals surface area contributed by atoms with Gasteiger partial charge in [-0.1, -0.05) is 6.07 Å². The minimum Gasteiger partial charge on any atom is -0.370 e. The van der Waals surface area contributed by atoms with Crippen LogP contribution in [0.4, 0.5) is 8.78 Å². The van der Waals surface area contributed by atoms with Crippen molar-refractivity contribution in [2.24, 2.45) is 7.05 Å². The van der Waals surface area contributed by atoms with E-state index in [0.29, 0.717) is 24.3 Å². The maximum Gasteiger partial charge on any atom is 0.255 e. The Morgan fingerprint density at radius 3 is 2.75 bits per heavy atom. The van der Waals surface area contributed by atoms with Crippen molar-refractivity contribution in [1.29, 1.82) is 0 Å². The smallest absolute Gasteiger partial charge is 0.255 e. The van der Waals surface area contributed by atoms with Crippen molar-refractivity contribution in [2.45, 2.75) is 6.10 Å². The SMILES string of the molecule is Cn1cc(-c2cncc(C(=O)N3CCOC(c4ccc(F)c(F)c4)C3)c2)cn1. The zero-order valence-corrected chi connectivity index (χ0v) is 15.2. The van der Waals surface area contributed by atoms with E-state index in [0.717, 1.165) is 23.3 Å². The van der Waals surface area contributed by atoms with Crippen LogP contribution < -0.4 is 0 Å². The van der Waals surface area contributed by atoms with E-state index >= 15 is 0 Å². The molecule has 1 aliphatic heterocycles. The van der Waals surface area contributed by atoms with Crippen molar-refractivity contribution in [3.63, 3.8) is 0 Å². The Bertz CT molecular complexity index is 1020. The zero-order valence-electron chi connectivity index (χ0n) is 15.2. The van der Waals surface area contributed by atoms with E-state index < -0.39 is 17.7 Å². The summed E-state index contributed by atoms with van der Waals surface area (Å²) in [7, 11) is 1.82. The van der Waals surface area contributed by atoms with Crippen molar-refractivity contribution in [2.75, 3.05) is 19.7 Å². The number of morpholine rings is 1. The molecular formula is C20H18F2N4O2. The summed E-state index contributed by atoms with van der Waals surface area (Å²) in [6.07, 6.45) is 6.24. The molecule has 4 rings (SSSR count). The fourth-order valence-electron chi connectivity index (χ4n) is 3.22. The number of aromatic nitrogens is 3. The van der Waals surface area contributed by atoms with Crippen molar-refractivity contribution in [3.05, 3.63) is 71.8 Å². The van der Waals surface area contributed by atoms with E-state index in [1.165, 1.54) is 12.3 Å². The third kappa shape index (κ3) is 3.63. The molecule has 28 heavy (non-hydrogen) atoms. The zero-order chi connectivity index (χ0) is 19.7. The van der Waals surface area contributed by atoms with Gasteiger partial charge in [-0.25, -0.2) is 8.78 Å². The largest absolute Gasteiger partial charge is 0.370 e. The van der Waals surface area contributed by atoms with Gasteiger partial charge in [-0.05, 0) is 23.8 Å². The Labute approximate surface area is 160 Å². The number of rotatable bonds is 3. The second kappa shape index (κ2) is 7.47. The first kappa shape index (κ1) is 18.2. The number of hydrogen-bond donors (Lipinski definition) is 0. The van der Waals surface area contributed by atoms with E-state index in [4.69, 9.17) is 4.74 Å². The predicted octanol–water partition coefficient (Wildman–Crippen LogP) is 2.97. The van der Waals surface area contributed by atoms with Gasteiger partial charge in [-0.2, -0.15) is 5.10 Å². The molecule has 1 aromatic carbocycles. The van der Waals surface area contributed by atoms with Gasteiger partial charge in [0.2, 0.25) is 0 Å². The molecule has 3 heterocycles. The highest BCUT2D eigenvalue weighted by molar-refractivity contribution is 5.95. The van der Waals surface area contributed by atoms with Crippen molar-refractivity contribution in [1.82, 2.24) is 19.7 Å². The molecule has 1 amide bonds. The molecule has 3 aromatic rings. The number of halogens is 2. The summed E-state index contributed by atoms with van der Waals surface area (Å²) in [5.74, 6) is -2.03. The molecule has 1 saturated heterocycles. The molecule has 0 aliphatic carbocycles. The second-order valence-corrected chi connectivity index (χ2v) is 6.65. The molecular weight excluding hydrogens is 366 g/mol. The topological polar surface area (TPSA) is 60.2 Å². The molecule has 0 radical (unpaired) electrons. The first-order valence-corrected chi connectivity index (χ1v) is 8.81. The molecule has 1 atom stereocenters. The van der Waals surface area contributed by atoms with E-state index in [2.05, 4.69) is 10.1 Å². The van der Waals surface area contributed by atoms with Crippen LogP contribution in [0.1, 0.15) is 22.0 Å². The van der Waals surface area contributed by atoms with Gasteiger partial charge in [-0.3, -0.25) is 14.5 Å². The monoisotopic (exact) mass is 384 g/mol. The number of carbonyl (C=O) groups excluding carboxylic acids is 1. The molecule has 0 spiro atoms. The highest BCUT2D eigenvalue weighted by Gasteiger charge is 2.27. The molecule has 0 saturated carbocycles. The van der Waals surface area contributed by atoms with Crippen LogP contribution in [0.25, 0.3) is 11.1 Å². The quantitative estimate of drug-likeness (QED) is 0.697. The molecule has 144 valence electrons. The maximum absolute atomic E-state index is 13.5. The standard InChI is InChI=1S/C20H18F2N4O2/c1-25-11-16(10-24-25)14-6-15(9-23-8-14)20(27)26-4-5-28-19(12-26)13-2-3-17(21)18(22)7-13/h2-3,6-11,19H,4-5,12H2,1H3. The van der Waals surface area contributed by atoms with E-state index in [9.17, 15) is 13.6 Å². The number of hydrogen-bond acceptors (Lipinski definition) is 4. The number of pyridine rings is 1. The Kier molecular flexibility index (Phi) is 4.87. The van der Waals surface area contributed by atoms with Crippen molar-refractivity contribution >= 4 is 5.91 Å². The lowest BCUT2D eigenvalue weighted by atomic mass is 10.1. The van der Waals surface area contributed by atoms with Gasteiger partial charge in [0.15, 0.2) is 11.6 Å². The van der Waals surface area contributed by atoms with Gasteiger partial charge in [-0.15, -0.1) is 0 Å². The summed E-state index contributed by atoms with van der Waals surface area (Å²) in [4.78, 5) is 18.8. The third-order valence-electron chi connectivity index (χ3n) is 4.69. The van der Waals surface area contributed by atoms with Crippen LogP contribution in [0.5, 0.6) is 0 Å². The number of amides is 1. The fourth-order valence-corrected chi connectivity index (χ4v) is 3.22.